The van der Waals surface area contributed by atoms with Crippen LogP contribution < -0.4 is 20.1 Å². The van der Waals surface area contributed by atoms with Crippen molar-refractivity contribution in [2.45, 2.75) is 13.5 Å². The van der Waals surface area contributed by atoms with Crippen LogP contribution in [0.3, 0.4) is 0 Å². The van der Waals surface area contributed by atoms with E-state index >= 15 is 0 Å². The molecule has 0 radical (unpaired) electrons. The molecule has 2 aromatic carbocycles. The van der Waals surface area contributed by atoms with Gasteiger partial charge >= 0.3 is 6.03 Å². The summed E-state index contributed by atoms with van der Waals surface area (Å²) in [6.45, 7) is 2.73. The highest BCUT2D eigenvalue weighted by Gasteiger charge is 2.23. The van der Waals surface area contributed by atoms with Crippen LogP contribution in [0.2, 0.25) is 0 Å². The van der Waals surface area contributed by atoms with Gasteiger partial charge in [-0.2, -0.15) is 0 Å². The topological polar surface area (TPSA) is 76.7 Å². The fraction of sp³-hybridized carbons (Fsp3) is 0.158. The molecule has 6 nitrogen and oxygen atoms in total. The summed E-state index contributed by atoms with van der Waals surface area (Å²) in [6.07, 6.45) is 1.57. The van der Waals surface area contributed by atoms with Crippen molar-refractivity contribution in [1.82, 2.24) is 10.6 Å². The summed E-state index contributed by atoms with van der Waals surface area (Å²) >= 11 is 6.89. The monoisotopic (exact) mass is 494 g/mol. The lowest BCUT2D eigenvalue weighted by molar-refractivity contribution is -0.115. The molecule has 3 amide bonds. The van der Waals surface area contributed by atoms with Gasteiger partial charge in [0.1, 0.15) is 12.3 Å². The quantitative estimate of drug-likeness (QED) is 0.461. The van der Waals surface area contributed by atoms with Crippen molar-refractivity contribution in [3.8, 4) is 11.5 Å². The van der Waals surface area contributed by atoms with Gasteiger partial charge in [0.05, 0.1) is 6.61 Å². The molecular formula is C19H16Br2N2O4. The van der Waals surface area contributed by atoms with Crippen LogP contribution in [0.15, 0.2) is 51.0 Å². The number of imide groups is 1. The molecule has 0 spiro atoms. The first-order chi connectivity index (χ1) is 13.0. The number of nitrogens with one attached hydrogen (secondary N) is 2. The van der Waals surface area contributed by atoms with Crippen LogP contribution in [0.25, 0.3) is 6.08 Å². The molecular weight excluding hydrogens is 480 g/mol. The summed E-state index contributed by atoms with van der Waals surface area (Å²) in [5.74, 6) is 0.656. The number of carbonyl (C=O) groups excluding carboxylic acids is 2. The minimum absolute atomic E-state index is 0.173. The number of ether oxygens (including phenoxy) is 2. The molecule has 2 N–H and O–H groups in total. The zero-order valence-electron chi connectivity index (χ0n) is 14.3. The number of halogens is 2. The standard InChI is InChI=1S/C19H16Br2N2O4/c1-2-26-16-8-12(7-15-18(24)23-19(25)22-15)14(21)9-17(16)27-10-11-3-5-13(20)6-4-11/h3-9H,2,10H2,1H3,(H2,22,23,24,25)/b15-7+. The SMILES string of the molecule is CCOc1cc(/C=C2/NC(=O)NC2=O)c(Br)cc1OCc1ccc(Br)cc1. The summed E-state index contributed by atoms with van der Waals surface area (Å²) in [5, 5.41) is 4.63. The molecule has 140 valence electrons. The maximum atomic E-state index is 11.7. The van der Waals surface area contributed by atoms with E-state index in [2.05, 4.69) is 42.5 Å². The van der Waals surface area contributed by atoms with E-state index in [9.17, 15) is 9.59 Å². The predicted molar refractivity (Wildman–Crippen MR) is 108 cm³/mol. The number of hydrogen-bond donors (Lipinski definition) is 2. The number of urea groups is 1. The molecule has 3 rings (SSSR count). The molecule has 1 saturated heterocycles. The minimum atomic E-state index is -0.540. The Morgan fingerprint density at radius 2 is 1.70 bits per heavy atom. The first kappa shape index (κ1) is 19.4. The molecule has 0 unspecified atom stereocenters. The molecule has 0 atom stereocenters. The van der Waals surface area contributed by atoms with Crippen molar-refractivity contribution >= 4 is 49.9 Å². The van der Waals surface area contributed by atoms with Gasteiger partial charge in [-0.15, -0.1) is 0 Å². The third-order valence-electron chi connectivity index (χ3n) is 3.69. The second kappa shape index (κ2) is 8.58. The van der Waals surface area contributed by atoms with Crippen molar-refractivity contribution in [3.63, 3.8) is 0 Å². The molecule has 2 aromatic rings. The Morgan fingerprint density at radius 1 is 1.00 bits per heavy atom. The van der Waals surface area contributed by atoms with Gasteiger partial charge in [-0.05, 0) is 48.4 Å². The Labute approximate surface area is 173 Å². The lowest BCUT2D eigenvalue weighted by atomic mass is 10.1. The van der Waals surface area contributed by atoms with E-state index in [4.69, 9.17) is 9.47 Å². The number of carbonyl (C=O) groups is 2. The molecule has 1 aliphatic rings. The summed E-state index contributed by atoms with van der Waals surface area (Å²) < 4.78 is 13.3. The molecule has 8 heteroatoms. The third kappa shape index (κ3) is 4.90. The van der Waals surface area contributed by atoms with Crippen molar-refractivity contribution < 1.29 is 19.1 Å². The molecule has 1 aliphatic heterocycles. The summed E-state index contributed by atoms with van der Waals surface area (Å²) in [7, 11) is 0. The summed E-state index contributed by atoms with van der Waals surface area (Å²) in [4.78, 5) is 23.0. The van der Waals surface area contributed by atoms with Gasteiger partial charge in [0.2, 0.25) is 0 Å². The van der Waals surface area contributed by atoms with Crippen LogP contribution in [-0.2, 0) is 11.4 Å². The van der Waals surface area contributed by atoms with E-state index in [-0.39, 0.29) is 5.70 Å². The van der Waals surface area contributed by atoms with Crippen LogP contribution in [-0.4, -0.2) is 18.5 Å². The van der Waals surface area contributed by atoms with Gasteiger partial charge in [-0.1, -0.05) is 44.0 Å². The Bertz CT molecular complexity index is 911. The molecule has 1 heterocycles. The van der Waals surface area contributed by atoms with Crippen LogP contribution in [0.5, 0.6) is 11.5 Å². The molecule has 0 aromatic heterocycles. The van der Waals surface area contributed by atoms with Crippen LogP contribution in [0.4, 0.5) is 4.79 Å². The Morgan fingerprint density at radius 3 is 2.33 bits per heavy atom. The van der Waals surface area contributed by atoms with E-state index in [0.717, 1.165) is 10.0 Å². The minimum Gasteiger partial charge on any atom is -0.490 e. The largest absolute Gasteiger partial charge is 0.490 e. The maximum Gasteiger partial charge on any atom is 0.326 e. The highest BCUT2D eigenvalue weighted by Crippen LogP contribution is 2.35. The zero-order chi connectivity index (χ0) is 19.4. The van der Waals surface area contributed by atoms with Crippen LogP contribution in [0.1, 0.15) is 18.1 Å². The van der Waals surface area contributed by atoms with E-state index in [1.807, 2.05) is 31.2 Å². The van der Waals surface area contributed by atoms with Gasteiger partial charge in [0, 0.05) is 8.95 Å². The van der Waals surface area contributed by atoms with Gasteiger partial charge in [0.25, 0.3) is 5.91 Å². The van der Waals surface area contributed by atoms with E-state index in [1.54, 1.807) is 18.2 Å². The van der Waals surface area contributed by atoms with Gasteiger partial charge < -0.3 is 14.8 Å². The lowest BCUT2D eigenvalue weighted by Gasteiger charge is -2.14. The van der Waals surface area contributed by atoms with E-state index < -0.39 is 11.9 Å². The first-order valence-electron chi connectivity index (χ1n) is 8.14. The Hall–Kier alpha value is -2.32. The predicted octanol–water partition coefficient (Wildman–Crippen LogP) is 4.37. The van der Waals surface area contributed by atoms with Crippen molar-refractivity contribution in [1.29, 1.82) is 0 Å². The maximum absolute atomic E-state index is 11.7. The average molecular weight is 496 g/mol. The molecule has 1 fully saturated rings. The summed E-state index contributed by atoms with van der Waals surface area (Å²) in [6, 6.07) is 10.9. The van der Waals surface area contributed by atoms with Crippen LogP contribution >= 0.6 is 31.9 Å². The molecule has 27 heavy (non-hydrogen) atoms. The van der Waals surface area contributed by atoms with Crippen LogP contribution in [0, 0.1) is 0 Å². The van der Waals surface area contributed by atoms with Crippen molar-refractivity contribution in [3.05, 3.63) is 62.2 Å². The fourth-order valence-corrected chi connectivity index (χ4v) is 3.12. The smallest absolute Gasteiger partial charge is 0.326 e. The fourth-order valence-electron chi connectivity index (χ4n) is 2.42. The number of amides is 3. The molecule has 0 bridgehead atoms. The number of hydrogen-bond acceptors (Lipinski definition) is 4. The second-order valence-electron chi connectivity index (χ2n) is 5.63. The number of benzene rings is 2. The number of rotatable bonds is 6. The third-order valence-corrected chi connectivity index (χ3v) is 4.91. The second-order valence-corrected chi connectivity index (χ2v) is 7.40. The normalized spacial score (nSPS) is 14.9. The first-order valence-corrected chi connectivity index (χ1v) is 9.72. The van der Waals surface area contributed by atoms with Crippen molar-refractivity contribution in [2.75, 3.05) is 6.61 Å². The van der Waals surface area contributed by atoms with Gasteiger partial charge in [-0.3, -0.25) is 10.1 Å². The van der Waals surface area contributed by atoms with Crippen molar-refractivity contribution in [2.24, 2.45) is 0 Å². The van der Waals surface area contributed by atoms with Gasteiger partial charge in [-0.25, -0.2) is 4.79 Å². The Kier molecular flexibility index (Phi) is 6.18. The molecule has 0 aliphatic carbocycles. The highest BCUT2D eigenvalue weighted by molar-refractivity contribution is 9.10. The van der Waals surface area contributed by atoms with E-state index in [0.29, 0.717) is 34.7 Å². The van der Waals surface area contributed by atoms with E-state index in [1.165, 1.54) is 0 Å². The van der Waals surface area contributed by atoms with Gasteiger partial charge in [0.15, 0.2) is 11.5 Å². The zero-order valence-corrected chi connectivity index (χ0v) is 17.5. The molecule has 0 saturated carbocycles. The lowest BCUT2D eigenvalue weighted by Crippen LogP contribution is -2.22. The Balaban J connectivity index is 1.85. The average Bonchev–Trinajstić information content (AvgIpc) is 2.95. The summed E-state index contributed by atoms with van der Waals surface area (Å²) in [5.41, 5.74) is 1.88. The highest BCUT2D eigenvalue weighted by atomic mass is 79.9.